The lowest BCUT2D eigenvalue weighted by Crippen LogP contribution is -2.74. The van der Waals surface area contributed by atoms with Crippen LogP contribution in [-0.4, -0.2) is 79.0 Å². The number of rotatable bonds is 1. The van der Waals surface area contributed by atoms with E-state index in [9.17, 15) is 37.3 Å². The van der Waals surface area contributed by atoms with Gasteiger partial charge in [-0.3, -0.25) is 0 Å². The van der Waals surface area contributed by atoms with Gasteiger partial charge in [0.1, 0.15) is 18.3 Å². The van der Waals surface area contributed by atoms with Crippen molar-refractivity contribution in [2.75, 3.05) is 6.61 Å². The van der Waals surface area contributed by atoms with E-state index < -0.39 is 57.5 Å². The fraction of sp³-hybridized carbons (Fsp3) is 1.00. The molecule has 5 N–H and O–H groups in total. The Morgan fingerprint density at radius 2 is 1.52 bits per heavy atom. The first-order valence-corrected chi connectivity index (χ1v) is 7.74. The molecule has 124 valence electrons. The van der Waals surface area contributed by atoms with Crippen molar-refractivity contribution in [3.8, 4) is 0 Å². The Labute approximate surface area is 117 Å². The van der Waals surface area contributed by atoms with Crippen LogP contribution in [0.15, 0.2) is 0 Å². The number of aliphatic hydroxyl groups is 5. The third-order valence-electron chi connectivity index (χ3n) is 2.66. The van der Waals surface area contributed by atoms with Crippen LogP contribution in [0.5, 0.6) is 0 Å². The first-order valence-electron chi connectivity index (χ1n) is 5.07. The molecule has 0 aromatic heterocycles. The molecule has 1 unspecified atom stereocenters. The van der Waals surface area contributed by atoms with E-state index in [1.807, 2.05) is 0 Å². The molecule has 0 spiro atoms. The highest BCUT2D eigenvalue weighted by Crippen LogP contribution is 2.42. The van der Waals surface area contributed by atoms with E-state index in [0.29, 0.717) is 0 Å². The van der Waals surface area contributed by atoms with Crippen molar-refractivity contribution in [2.45, 2.75) is 30.1 Å². The molecule has 0 amide bonds. The highest BCUT2D eigenvalue weighted by Gasteiger charge is 2.72. The van der Waals surface area contributed by atoms with E-state index in [0.717, 1.165) is 0 Å². The maximum absolute atomic E-state index is 11.2. The van der Waals surface area contributed by atoms with E-state index in [4.69, 9.17) is 5.11 Å². The van der Waals surface area contributed by atoms with Crippen molar-refractivity contribution < 1.29 is 59.1 Å². The Balaban J connectivity index is 2.61. The third-order valence-corrected chi connectivity index (χ3v) is 4.88. The van der Waals surface area contributed by atoms with E-state index in [-0.39, 0.29) is 0 Å². The number of aliphatic hydroxyl groups excluding tert-OH is 3. The average molecular weight is 354 g/mol. The molecule has 0 bridgehead atoms. The summed E-state index contributed by atoms with van der Waals surface area (Å²) in [6.07, 6.45) is -6.66. The molecule has 0 radical (unpaired) electrons. The lowest BCUT2D eigenvalue weighted by Gasteiger charge is -2.47. The number of ether oxygens (including phenoxy) is 1. The van der Waals surface area contributed by atoms with Crippen molar-refractivity contribution in [3.63, 3.8) is 0 Å². The third kappa shape index (κ3) is 2.66. The molecule has 0 saturated carbocycles. The standard InChI is InChI=1S/C6H10O13S2/c7-1-2-3(8)4(9)5(10)6(11,16-2)18-21(14,15)19-20(12,13)17-5/h2-4,7-11H,1H2/t2-,3+,4+,5-,6?/m1/s1. The average Bonchev–Trinajstić information content (AvgIpc) is 2.34. The monoisotopic (exact) mass is 354 g/mol. The first-order chi connectivity index (χ1) is 9.36. The molecule has 0 aromatic carbocycles. The van der Waals surface area contributed by atoms with Crippen LogP contribution in [0.1, 0.15) is 0 Å². The zero-order chi connectivity index (χ0) is 16.3. The van der Waals surface area contributed by atoms with Gasteiger partial charge in [-0.1, -0.05) is 0 Å². The summed E-state index contributed by atoms with van der Waals surface area (Å²) in [6, 6.07) is 0. The van der Waals surface area contributed by atoms with Crippen molar-refractivity contribution in [1.29, 1.82) is 0 Å². The van der Waals surface area contributed by atoms with Crippen LogP contribution < -0.4 is 0 Å². The Bertz CT molecular complexity index is 625. The SMILES string of the molecule is O=S1(=O)OC2(O)O[C@H](CO)[C@H](O)[C@H](O)[C@@]2(O)OS(=O)(=O)O1. The molecule has 0 aromatic rings. The minimum Gasteiger partial charge on any atom is -0.394 e. The lowest BCUT2D eigenvalue weighted by molar-refractivity contribution is -0.495. The van der Waals surface area contributed by atoms with E-state index >= 15 is 0 Å². The fourth-order valence-corrected chi connectivity index (χ4v) is 3.72. The second-order valence-electron chi connectivity index (χ2n) is 4.10. The summed E-state index contributed by atoms with van der Waals surface area (Å²) < 4.78 is 60.3. The summed E-state index contributed by atoms with van der Waals surface area (Å²) >= 11 is 0. The molecule has 2 rings (SSSR count). The van der Waals surface area contributed by atoms with Crippen LogP contribution in [0.4, 0.5) is 0 Å². The summed E-state index contributed by atoms with van der Waals surface area (Å²) in [4.78, 5) is 0. The first kappa shape index (κ1) is 16.9. The van der Waals surface area contributed by atoms with E-state index in [1.165, 1.54) is 0 Å². The quantitative estimate of drug-likeness (QED) is 0.299. The Kier molecular flexibility index (Phi) is 3.84. The molecule has 15 heteroatoms. The van der Waals surface area contributed by atoms with Gasteiger partial charge in [-0.2, -0.15) is 21.0 Å². The summed E-state index contributed by atoms with van der Waals surface area (Å²) in [5.41, 5.74) is 0. The van der Waals surface area contributed by atoms with Crippen molar-refractivity contribution in [1.82, 2.24) is 0 Å². The Hall–Kier alpha value is -0.460. The summed E-state index contributed by atoms with van der Waals surface area (Å²) in [6.45, 7) is -1.06. The smallest absolute Gasteiger partial charge is 0.394 e. The van der Waals surface area contributed by atoms with Crippen LogP contribution >= 0.6 is 0 Å². The highest BCUT2D eigenvalue weighted by molar-refractivity contribution is 7.95. The summed E-state index contributed by atoms with van der Waals surface area (Å²) in [5.74, 6) is -7.61. The lowest BCUT2D eigenvalue weighted by atomic mass is 9.94. The van der Waals surface area contributed by atoms with Gasteiger partial charge in [-0.15, -0.1) is 3.63 Å². The van der Waals surface area contributed by atoms with Gasteiger partial charge in [0, 0.05) is 0 Å². The molecular weight excluding hydrogens is 344 g/mol. The fourth-order valence-electron chi connectivity index (χ4n) is 1.73. The molecule has 5 atom stereocenters. The maximum Gasteiger partial charge on any atom is 0.421 e. The van der Waals surface area contributed by atoms with Gasteiger partial charge in [0.25, 0.3) is 5.79 Å². The molecule has 13 nitrogen and oxygen atoms in total. The van der Waals surface area contributed by atoms with Crippen LogP contribution in [0.2, 0.25) is 0 Å². The Morgan fingerprint density at radius 3 is 2.05 bits per heavy atom. The molecule has 21 heavy (non-hydrogen) atoms. The number of hydrogen-bond acceptors (Lipinski definition) is 13. The van der Waals surface area contributed by atoms with Crippen LogP contribution in [0.3, 0.4) is 0 Å². The van der Waals surface area contributed by atoms with Crippen molar-refractivity contribution in [3.05, 3.63) is 0 Å². The van der Waals surface area contributed by atoms with Crippen molar-refractivity contribution in [2.24, 2.45) is 0 Å². The van der Waals surface area contributed by atoms with E-state index in [1.54, 1.807) is 0 Å². The minimum atomic E-state index is -5.51. The maximum atomic E-state index is 11.2. The molecule has 0 aliphatic carbocycles. The predicted molar refractivity (Wildman–Crippen MR) is 55.0 cm³/mol. The summed E-state index contributed by atoms with van der Waals surface area (Å²) in [7, 11) is -11.0. The second kappa shape index (κ2) is 4.77. The van der Waals surface area contributed by atoms with Gasteiger partial charge >= 0.3 is 26.8 Å². The van der Waals surface area contributed by atoms with Gasteiger partial charge in [0.2, 0.25) is 0 Å². The molecule has 2 aliphatic rings. The molecular formula is C6H10O13S2. The molecule has 2 aliphatic heterocycles. The number of hydrogen-bond donors (Lipinski definition) is 5. The molecule has 2 fully saturated rings. The summed E-state index contributed by atoms with van der Waals surface area (Å²) in [5, 5.41) is 47.8. The zero-order valence-electron chi connectivity index (χ0n) is 9.76. The zero-order valence-corrected chi connectivity index (χ0v) is 11.4. The van der Waals surface area contributed by atoms with Gasteiger partial charge in [-0.05, 0) is 0 Å². The normalized spacial score (nSPS) is 49.1. The van der Waals surface area contributed by atoms with Crippen molar-refractivity contribution >= 4 is 20.8 Å². The second-order valence-corrected chi connectivity index (χ2v) is 6.61. The molecule has 2 saturated heterocycles. The van der Waals surface area contributed by atoms with Gasteiger partial charge in [-0.25, -0.2) is 4.18 Å². The van der Waals surface area contributed by atoms with Gasteiger partial charge in [0.15, 0.2) is 0 Å². The van der Waals surface area contributed by atoms with Crippen LogP contribution in [0.25, 0.3) is 0 Å². The predicted octanol–water partition coefficient (Wildman–Crippen LogP) is -5.01. The number of fused-ring (bicyclic) bond motifs is 1. The topological polar surface area (TPSA) is 206 Å². The largest absolute Gasteiger partial charge is 0.421 e. The minimum absolute atomic E-state index is 1.06. The highest BCUT2D eigenvalue weighted by atomic mass is 32.3. The van der Waals surface area contributed by atoms with Crippen LogP contribution in [0, 0.1) is 0 Å². The molecule has 2 heterocycles. The van der Waals surface area contributed by atoms with Crippen LogP contribution in [-0.2, 0) is 37.5 Å². The van der Waals surface area contributed by atoms with Gasteiger partial charge < -0.3 is 30.3 Å². The van der Waals surface area contributed by atoms with Gasteiger partial charge in [0.05, 0.1) is 6.61 Å². The Morgan fingerprint density at radius 1 is 1.00 bits per heavy atom. The van der Waals surface area contributed by atoms with E-state index in [2.05, 4.69) is 16.7 Å².